The van der Waals surface area contributed by atoms with E-state index in [-0.39, 0.29) is 18.5 Å². The van der Waals surface area contributed by atoms with Gasteiger partial charge in [0.2, 0.25) is 5.95 Å². The minimum absolute atomic E-state index is 0.0680. The molecule has 0 unspecified atom stereocenters. The molecule has 0 bridgehead atoms. The molecule has 7 nitrogen and oxygen atoms in total. The Morgan fingerprint density at radius 1 is 1.19 bits per heavy atom. The first-order valence-corrected chi connectivity index (χ1v) is 10.5. The van der Waals surface area contributed by atoms with Gasteiger partial charge in [-0.05, 0) is 43.2 Å². The van der Waals surface area contributed by atoms with Crippen molar-refractivity contribution in [2.24, 2.45) is 0 Å². The number of nitrogens with zero attached hydrogens (tertiary/aromatic N) is 3. The summed E-state index contributed by atoms with van der Waals surface area (Å²) in [5.41, 5.74) is 9.77. The summed E-state index contributed by atoms with van der Waals surface area (Å²) in [5.74, 6) is 0.830. The van der Waals surface area contributed by atoms with E-state index in [0.29, 0.717) is 34.5 Å². The zero-order valence-corrected chi connectivity index (χ0v) is 18.4. The number of aromatic nitrogens is 2. The molecule has 160 valence electrons. The van der Waals surface area contributed by atoms with Crippen molar-refractivity contribution in [3.05, 3.63) is 58.2 Å². The number of fused-ring (bicyclic) bond motifs is 1. The molecule has 31 heavy (non-hydrogen) atoms. The third-order valence-corrected chi connectivity index (χ3v) is 5.83. The number of carbonyl (C=O) groups excluding carboxylic acids is 1. The summed E-state index contributed by atoms with van der Waals surface area (Å²) in [6, 6.07) is 13.0. The Hall–Kier alpha value is -3.03. The van der Waals surface area contributed by atoms with E-state index < -0.39 is 0 Å². The van der Waals surface area contributed by atoms with Crippen molar-refractivity contribution in [1.29, 1.82) is 0 Å². The maximum absolute atomic E-state index is 11.8. The number of carbonyl (C=O) groups is 1. The lowest BCUT2D eigenvalue weighted by Gasteiger charge is -2.26. The molecule has 1 aromatic heterocycles. The number of likely N-dealkylation sites (N-methyl/N-ethyl adjacent to an activating group) is 1. The smallest absolute Gasteiger partial charge is 0.264 e. The van der Waals surface area contributed by atoms with Crippen molar-refractivity contribution in [2.75, 3.05) is 36.1 Å². The number of nitrogens with two attached hydrogens (primary N) is 1. The fourth-order valence-electron chi connectivity index (χ4n) is 3.37. The molecule has 1 amide bonds. The summed E-state index contributed by atoms with van der Waals surface area (Å²) in [7, 11) is 1.75. The number of rotatable bonds is 6. The fourth-order valence-corrected chi connectivity index (χ4v) is 3.77. The molecule has 1 aliphatic heterocycles. The van der Waals surface area contributed by atoms with E-state index in [9.17, 15) is 4.79 Å². The molecular weight excluding hydrogens is 437 g/mol. The second kappa shape index (κ2) is 8.99. The summed E-state index contributed by atoms with van der Waals surface area (Å²) in [6.07, 6.45) is 1.53. The van der Waals surface area contributed by atoms with Crippen LogP contribution in [0.2, 0.25) is 10.0 Å². The molecule has 3 N–H and O–H groups in total. The van der Waals surface area contributed by atoms with Crippen molar-refractivity contribution < 1.29 is 9.53 Å². The van der Waals surface area contributed by atoms with E-state index in [1.807, 2.05) is 36.4 Å². The number of nitrogen functional groups attached to an aromatic ring is 1. The van der Waals surface area contributed by atoms with Crippen molar-refractivity contribution >= 4 is 46.4 Å². The Balaban J connectivity index is 1.40. The van der Waals surface area contributed by atoms with Crippen LogP contribution >= 0.6 is 23.2 Å². The minimum atomic E-state index is -0.0680. The van der Waals surface area contributed by atoms with Crippen LogP contribution in [-0.2, 0) is 11.2 Å². The van der Waals surface area contributed by atoms with Crippen LogP contribution < -0.4 is 20.7 Å². The lowest BCUT2D eigenvalue weighted by atomic mass is 10.1. The molecule has 4 rings (SSSR count). The normalized spacial score (nSPS) is 13.0. The average molecular weight is 458 g/mol. The number of hydrogen-bond acceptors (Lipinski definition) is 6. The van der Waals surface area contributed by atoms with Crippen molar-refractivity contribution in [3.63, 3.8) is 0 Å². The van der Waals surface area contributed by atoms with Gasteiger partial charge < -0.3 is 20.7 Å². The third kappa shape index (κ3) is 4.68. The van der Waals surface area contributed by atoms with Crippen LogP contribution in [0.1, 0.15) is 12.1 Å². The van der Waals surface area contributed by atoms with Gasteiger partial charge in [0, 0.05) is 30.5 Å². The van der Waals surface area contributed by atoms with Crippen LogP contribution in [0, 0.1) is 0 Å². The number of hydrogen-bond donors (Lipinski definition) is 2. The maximum atomic E-state index is 11.8. The number of ether oxygens (including phenoxy) is 1. The molecule has 0 spiro atoms. The number of nitrogens with one attached hydrogen (secondary N) is 1. The van der Waals surface area contributed by atoms with E-state index in [2.05, 4.69) is 15.3 Å². The Morgan fingerprint density at radius 3 is 2.87 bits per heavy atom. The van der Waals surface area contributed by atoms with E-state index >= 15 is 0 Å². The second-order valence-corrected chi connectivity index (χ2v) is 7.94. The monoisotopic (exact) mass is 457 g/mol. The highest BCUT2D eigenvalue weighted by molar-refractivity contribution is 6.43. The first-order valence-electron chi connectivity index (χ1n) is 9.77. The van der Waals surface area contributed by atoms with Gasteiger partial charge in [0.1, 0.15) is 5.75 Å². The standard InChI is InChI=1S/C22H21Cl2N5O2/c1-29-18-11-13(7-8-19(18)31-12-20(29)30)26-9-3-4-14-10-17(28-22(25)27-14)15-5-2-6-16(23)21(15)24/h2,5-8,10-11,26H,3-4,9,12H2,1H3,(H2,25,27,28). The predicted octanol–water partition coefficient (Wildman–Crippen LogP) is 4.43. The zero-order chi connectivity index (χ0) is 22.0. The highest BCUT2D eigenvalue weighted by Gasteiger charge is 2.22. The molecular formula is C22H21Cl2N5O2. The Bertz CT molecular complexity index is 1140. The van der Waals surface area contributed by atoms with Crippen molar-refractivity contribution in [2.45, 2.75) is 12.8 Å². The Morgan fingerprint density at radius 2 is 2.03 bits per heavy atom. The van der Waals surface area contributed by atoms with Crippen LogP contribution in [0.15, 0.2) is 42.5 Å². The third-order valence-electron chi connectivity index (χ3n) is 5.01. The van der Waals surface area contributed by atoms with E-state index in [1.165, 1.54) is 0 Å². The van der Waals surface area contributed by atoms with Gasteiger partial charge in [0.25, 0.3) is 5.91 Å². The number of aryl methyl sites for hydroxylation is 1. The molecule has 2 heterocycles. The molecule has 0 radical (unpaired) electrons. The lowest BCUT2D eigenvalue weighted by molar-refractivity contribution is -0.120. The molecule has 0 aliphatic carbocycles. The van der Waals surface area contributed by atoms with Gasteiger partial charge in [0.05, 0.1) is 21.4 Å². The molecule has 2 aromatic carbocycles. The van der Waals surface area contributed by atoms with Crippen LogP contribution in [-0.4, -0.2) is 36.1 Å². The van der Waals surface area contributed by atoms with E-state index in [0.717, 1.165) is 29.1 Å². The van der Waals surface area contributed by atoms with Gasteiger partial charge in [-0.3, -0.25) is 4.79 Å². The van der Waals surface area contributed by atoms with Crippen LogP contribution in [0.3, 0.4) is 0 Å². The van der Waals surface area contributed by atoms with Gasteiger partial charge in [-0.2, -0.15) is 0 Å². The molecule has 3 aromatic rings. The quantitative estimate of drug-likeness (QED) is 0.531. The summed E-state index contributed by atoms with van der Waals surface area (Å²) in [6.45, 7) is 0.787. The predicted molar refractivity (Wildman–Crippen MR) is 124 cm³/mol. The molecule has 0 atom stereocenters. The Labute approximate surface area is 190 Å². The van der Waals surface area contributed by atoms with Crippen LogP contribution in [0.5, 0.6) is 5.75 Å². The topological polar surface area (TPSA) is 93.4 Å². The van der Waals surface area contributed by atoms with E-state index in [1.54, 1.807) is 18.0 Å². The van der Waals surface area contributed by atoms with Crippen LogP contribution in [0.4, 0.5) is 17.3 Å². The summed E-state index contributed by atoms with van der Waals surface area (Å²) < 4.78 is 5.46. The van der Waals surface area contributed by atoms with Gasteiger partial charge in [-0.1, -0.05) is 35.3 Å². The molecule has 0 saturated heterocycles. The second-order valence-electron chi connectivity index (χ2n) is 7.16. The number of anilines is 3. The van der Waals surface area contributed by atoms with Crippen LogP contribution in [0.25, 0.3) is 11.3 Å². The lowest BCUT2D eigenvalue weighted by Crippen LogP contribution is -2.35. The maximum Gasteiger partial charge on any atom is 0.264 e. The molecule has 9 heteroatoms. The van der Waals surface area contributed by atoms with E-state index in [4.69, 9.17) is 33.7 Å². The first kappa shape index (κ1) is 21.2. The highest BCUT2D eigenvalue weighted by Crippen LogP contribution is 2.34. The SMILES string of the molecule is CN1C(=O)COc2ccc(NCCCc3cc(-c4cccc(Cl)c4Cl)nc(N)n3)cc21. The Kier molecular flexibility index (Phi) is 6.15. The van der Waals surface area contributed by atoms with Gasteiger partial charge in [-0.15, -0.1) is 0 Å². The molecule has 1 aliphatic rings. The van der Waals surface area contributed by atoms with Crippen molar-refractivity contribution in [3.8, 4) is 17.0 Å². The minimum Gasteiger partial charge on any atom is -0.482 e. The van der Waals surface area contributed by atoms with Gasteiger partial charge in [0.15, 0.2) is 6.61 Å². The van der Waals surface area contributed by atoms with Gasteiger partial charge in [-0.25, -0.2) is 9.97 Å². The number of benzene rings is 2. The van der Waals surface area contributed by atoms with Crippen molar-refractivity contribution in [1.82, 2.24) is 9.97 Å². The molecule has 0 fully saturated rings. The summed E-state index contributed by atoms with van der Waals surface area (Å²) in [4.78, 5) is 22.1. The largest absolute Gasteiger partial charge is 0.482 e. The average Bonchev–Trinajstić information content (AvgIpc) is 2.75. The fraction of sp³-hybridized carbons (Fsp3) is 0.227. The zero-order valence-electron chi connectivity index (χ0n) is 16.9. The first-order chi connectivity index (χ1) is 14.9. The highest BCUT2D eigenvalue weighted by atomic mass is 35.5. The molecule has 0 saturated carbocycles. The number of amides is 1. The number of halogens is 2. The summed E-state index contributed by atoms with van der Waals surface area (Å²) >= 11 is 12.4. The van der Waals surface area contributed by atoms with Gasteiger partial charge >= 0.3 is 0 Å². The summed E-state index contributed by atoms with van der Waals surface area (Å²) in [5, 5.41) is 4.27.